The summed E-state index contributed by atoms with van der Waals surface area (Å²) in [5, 5.41) is 0. The molecule has 2 saturated heterocycles. The standard InChI is InChI=1S/C12H24N2O/c1-10-4-6-14(9-12(10)13)7-5-11-3-2-8-15-11/h10-12H,2-9,13H2,1H3. The van der Waals surface area contributed by atoms with Gasteiger partial charge >= 0.3 is 0 Å². The van der Waals surface area contributed by atoms with Crippen LogP contribution in [0.15, 0.2) is 0 Å². The monoisotopic (exact) mass is 212 g/mol. The van der Waals surface area contributed by atoms with Crippen molar-refractivity contribution in [3.63, 3.8) is 0 Å². The molecular formula is C12H24N2O. The molecule has 2 N–H and O–H groups in total. The van der Waals surface area contributed by atoms with Crippen molar-refractivity contribution in [1.29, 1.82) is 0 Å². The van der Waals surface area contributed by atoms with Crippen LogP contribution in [0.1, 0.15) is 32.6 Å². The molecule has 3 atom stereocenters. The molecular weight excluding hydrogens is 188 g/mol. The fraction of sp³-hybridized carbons (Fsp3) is 1.00. The van der Waals surface area contributed by atoms with Crippen LogP contribution in [0, 0.1) is 5.92 Å². The van der Waals surface area contributed by atoms with Crippen LogP contribution in [0.5, 0.6) is 0 Å². The first-order valence-electron chi connectivity index (χ1n) is 6.35. The quantitative estimate of drug-likeness (QED) is 0.764. The highest BCUT2D eigenvalue weighted by molar-refractivity contribution is 4.81. The van der Waals surface area contributed by atoms with Gasteiger partial charge in [-0.25, -0.2) is 0 Å². The number of nitrogens with zero attached hydrogens (tertiary/aromatic N) is 1. The molecule has 2 aliphatic heterocycles. The van der Waals surface area contributed by atoms with Crippen molar-refractivity contribution in [2.45, 2.75) is 44.8 Å². The number of piperidine rings is 1. The summed E-state index contributed by atoms with van der Waals surface area (Å²) in [6.07, 6.45) is 5.49. The number of hydrogen-bond acceptors (Lipinski definition) is 3. The number of rotatable bonds is 3. The fourth-order valence-corrected chi connectivity index (χ4v) is 2.57. The van der Waals surface area contributed by atoms with Crippen molar-refractivity contribution in [3.05, 3.63) is 0 Å². The van der Waals surface area contributed by atoms with E-state index < -0.39 is 0 Å². The van der Waals surface area contributed by atoms with Crippen LogP contribution < -0.4 is 5.73 Å². The molecule has 2 aliphatic rings. The smallest absolute Gasteiger partial charge is 0.0588 e. The Hall–Kier alpha value is -0.120. The van der Waals surface area contributed by atoms with Gasteiger partial charge in [-0.2, -0.15) is 0 Å². The first-order valence-corrected chi connectivity index (χ1v) is 6.35. The van der Waals surface area contributed by atoms with E-state index in [1.54, 1.807) is 0 Å². The largest absolute Gasteiger partial charge is 0.378 e. The van der Waals surface area contributed by atoms with Gasteiger partial charge in [0.15, 0.2) is 0 Å². The summed E-state index contributed by atoms with van der Waals surface area (Å²) in [6, 6.07) is 0.378. The Balaban J connectivity index is 1.66. The SMILES string of the molecule is CC1CCN(CCC2CCCO2)CC1N. The molecule has 2 fully saturated rings. The van der Waals surface area contributed by atoms with Crippen molar-refractivity contribution < 1.29 is 4.74 Å². The molecule has 88 valence electrons. The molecule has 0 spiro atoms. The average molecular weight is 212 g/mol. The molecule has 3 heteroatoms. The van der Waals surface area contributed by atoms with Gasteiger partial charge in [0.2, 0.25) is 0 Å². The minimum Gasteiger partial charge on any atom is -0.378 e. The zero-order valence-electron chi connectivity index (χ0n) is 9.82. The molecule has 0 aromatic rings. The van der Waals surface area contributed by atoms with Crippen molar-refractivity contribution in [1.82, 2.24) is 4.90 Å². The third-order valence-electron chi connectivity index (χ3n) is 3.89. The van der Waals surface area contributed by atoms with Crippen molar-refractivity contribution in [3.8, 4) is 0 Å². The third-order valence-corrected chi connectivity index (χ3v) is 3.89. The van der Waals surface area contributed by atoms with Gasteiger partial charge in [-0.15, -0.1) is 0 Å². The number of ether oxygens (including phenoxy) is 1. The number of nitrogens with two attached hydrogens (primary N) is 1. The van der Waals surface area contributed by atoms with Crippen LogP contribution in [0.3, 0.4) is 0 Å². The van der Waals surface area contributed by atoms with Crippen LogP contribution in [0.4, 0.5) is 0 Å². The van der Waals surface area contributed by atoms with E-state index in [2.05, 4.69) is 11.8 Å². The van der Waals surface area contributed by atoms with E-state index in [-0.39, 0.29) is 0 Å². The second-order valence-electron chi connectivity index (χ2n) is 5.15. The topological polar surface area (TPSA) is 38.5 Å². The molecule has 0 radical (unpaired) electrons. The van der Waals surface area contributed by atoms with Crippen LogP contribution in [-0.4, -0.2) is 43.3 Å². The maximum absolute atomic E-state index is 6.08. The van der Waals surface area contributed by atoms with E-state index in [1.165, 1.54) is 38.8 Å². The molecule has 0 saturated carbocycles. The normalized spacial score (nSPS) is 38.4. The van der Waals surface area contributed by atoms with Crippen molar-refractivity contribution in [2.24, 2.45) is 11.7 Å². The van der Waals surface area contributed by atoms with E-state index in [9.17, 15) is 0 Å². The van der Waals surface area contributed by atoms with Crippen molar-refractivity contribution in [2.75, 3.05) is 26.2 Å². The molecule has 15 heavy (non-hydrogen) atoms. The Kier molecular flexibility index (Phi) is 4.00. The Bertz CT molecular complexity index is 192. The summed E-state index contributed by atoms with van der Waals surface area (Å²) in [7, 11) is 0. The van der Waals surface area contributed by atoms with Crippen LogP contribution in [0.2, 0.25) is 0 Å². The maximum atomic E-state index is 6.08. The van der Waals surface area contributed by atoms with Gasteiger partial charge in [0.05, 0.1) is 6.10 Å². The van der Waals surface area contributed by atoms with Gasteiger partial charge in [-0.1, -0.05) is 6.92 Å². The predicted molar refractivity (Wildman–Crippen MR) is 61.8 cm³/mol. The maximum Gasteiger partial charge on any atom is 0.0588 e. The Morgan fingerprint density at radius 2 is 2.27 bits per heavy atom. The Morgan fingerprint density at radius 3 is 2.93 bits per heavy atom. The first kappa shape index (κ1) is 11.4. The van der Waals surface area contributed by atoms with Gasteiger partial charge in [0.1, 0.15) is 0 Å². The lowest BCUT2D eigenvalue weighted by Gasteiger charge is -2.35. The molecule has 0 aromatic heterocycles. The summed E-state index contributed by atoms with van der Waals surface area (Å²) < 4.78 is 5.63. The number of hydrogen-bond donors (Lipinski definition) is 1. The van der Waals surface area contributed by atoms with E-state index in [0.29, 0.717) is 18.1 Å². The lowest BCUT2D eigenvalue weighted by Crippen LogP contribution is -2.48. The summed E-state index contributed by atoms with van der Waals surface area (Å²) >= 11 is 0. The number of likely N-dealkylation sites (tertiary alicyclic amines) is 1. The minimum atomic E-state index is 0.378. The molecule has 3 unspecified atom stereocenters. The second kappa shape index (κ2) is 5.28. The van der Waals surface area contributed by atoms with Crippen molar-refractivity contribution >= 4 is 0 Å². The highest BCUT2D eigenvalue weighted by Gasteiger charge is 2.24. The summed E-state index contributed by atoms with van der Waals surface area (Å²) in [4.78, 5) is 2.51. The zero-order chi connectivity index (χ0) is 10.7. The highest BCUT2D eigenvalue weighted by Crippen LogP contribution is 2.19. The van der Waals surface area contributed by atoms with Gasteiger partial charge in [0, 0.05) is 25.7 Å². The summed E-state index contributed by atoms with van der Waals surface area (Å²) in [6.45, 7) is 6.71. The summed E-state index contributed by atoms with van der Waals surface area (Å²) in [5.41, 5.74) is 6.08. The molecule has 3 nitrogen and oxygen atoms in total. The fourth-order valence-electron chi connectivity index (χ4n) is 2.57. The molecule has 0 aliphatic carbocycles. The molecule has 2 rings (SSSR count). The minimum absolute atomic E-state index is 0.378. The lowest BCUT2D eigenvalue weighted by atomic mass is 9.94. The van der Waals surface area contributed by atoms with Gasteiger partial charge in [0.25, 0.3) is 0 Å². The van der Waals surface area contributed by atoms with Crippen LogP contribution >= 0.6 is 0 Å². The van der Waals surface area contributed by atoms with E-state index in [4.69, 9.17) is 10.5 Å². The van der Waals surface area contributed by atoms with E-state index in [0.717, 1.165) is 13.2 Å². The molecule has 0 bridgehead atoms. The van der Waals surface area contributed by atoms with Gasteiger partial charge in [-0.3, -0.25) is 0 Å². The zero-order valence-corrected chi connectivity index (χ0v) is 9.82. The molecule has 0 amide bonds. The van der Waals surface area contributed by atoms with Crippen LogP contribution in [-0.2, 0) is 4.74 Å². The Morgan fingerprint density at radius 1 is 1.40 bits per heavy atom. The first-order chi connectivity index (χ1) is 7.25. The summed E-state index contributed by atoms with van der Waals surface area (Å²) in [5.74, 6) is 0.698. The van der Waals surface area contributed by atoms with Gasteiger partial charge < -0.3 is 15.4 Å². The second-order valence-corrected chi connectivity index (χ2v) is 5.15. The van der Waals surface area contributed by atoms with Gasteiger partial charge in [-0.05, 0) is 38.1 Å². The third kappa shape index (κ3) is 3.16. The lowest BCUT2D eigenvalue weighted by molar-refractivity contribution is 0.0829. The average Bonchev–Trinajstić information content (AvgIpc) is 2.73. The molecule has 0 aromatic carbocycles. The predicted octanol–water partition coefficient (Wildman–Crippen LogP) is 1.22. The molecule has 2 heterocycles. The van der Waals surface area contributed by atoms with E-state index in [1.807, 2.05) is 0 Å². The van der Waals surface area contributed by atoms with E-state index >= 15 is 0 Å². The highest BCUT2D eigenvalue weighted by atomic mass is 16.5. The Labute approximate surface area is 93.0 Å². The van der Waals surface area contributed by atoms with Crippen LogP contribution in [0.25, 0.3) is 0 Å².